The molecule has 1 unspecified atom stereocenters. The van der Waals surface area contributed by atoms with Gasteiger partial charge in [0.15, 0.2) is 0 Å². The van der Waals surface area contributed by atoms with E-state index < -0.39 is 0 Å². The van der Waals surface area contributed by atoms with E-state index in [2.05, 4.69) is 85.0 Å². The fourth-order valence-electron chi connectivity index (χ4n) is 2.86. The van der Waals surface area contributed by atoms with Gasteiger partial charge in [-0.1, -0.05) is 67.4 Å². The van der Waals surface area contributed by atoms with Crippen LogP contribution in [-0.4, -0.2) is 0 Å². The summed E-state index contributed by atoms with van der Waals surface area (Å²) in [6.45, 7) is 4.35. The number of benzene rings is 2. The molecule has 0 bridgehead atoms. The number of hydrogen-bond acceptors (Lipinski definition) is 1. The number of rotatable bonds is 4. The number of ether oxygens (including phenoxy) is 1. The first-order valence-electron chi connectivity index (χ1n) is 7.93. The van der Waals surface area contributed by atoms with Crippen LogP contribution in [0.3, 0.4) is 0 Å². The van der Waals surface area contributed by atoms with Crippen LogP contribution in [0.4, 0.5) is 0 Å². The number of halogens is 1. The Balaban J connectivity index is 2.04. The highest BCUT2D eigenvalue weighted by Crippen LogP contribution is 2.45. The average molecular weight is 404 g/mol. The first kappa shape index (κ1) is 15.6. The van der Waals surface area contributed by atoms with E-state index in [4.69, 9.17) is 4.74 Å². The molecule has 0 spiro atoms. The predicted octanol–water partition coefficient (Wildman–Crippen LogP) is 6.52. The van der Waals surface area contributed by atoms with Crippen LogP contribution >= 0.6 is 22.6 Å². The molecule has 3 rings (SSSR count). The Morgan fingerprint density at radius 2 is 1.77 bits per heavy atom. The highest BCUT2D eigenvalue weighted by molar-refractivity contribution is 14.1. The van der Waals surface area contributed by atoms with Gasteiger partial charge in [0.2, 0.25) is 0 Å². The minimum atomic E-state index is 0.172. The van der Waals surface area contributed by atoms with Crippen molar-refractivity contribution in [2.75, 3.05) is 0 Å². The van der Waals surface area contributed by atoms with Gasteiger partial charge in [0, 0.05) is 11.1 Å². The Bertz CT molecular complexity index is 685. The molecule has 2 heteroatoms. The van der Waals surface area contributed by atoms with Gasteiger partial charge in [0.25, 0.3) is 0 Å². The van der Waals surface area contributed by atoms with E-state index in [1.165, 1.54) is 38.7 Å². The Hall–Kier alpha value is -1.29. The summed E-state index contributed by atoms with van der Waals surface area (Å²) in [6.07, 6.45) is 3.64. The van der Waals surface area contributed by atoms with E-state index >= 15 is 0 Å². The number of aryl methyl sites for hydroxylation is 1. The first-order chi connectivity index (χ1) is 10.7. The van der Waals surface area contributed by atoms with E-state index in [9.17, 15) is 0 Å². The molecule has 0 fully saturated rings. The van der Waals surface area contributed by atoms with Crippen LogP contribution in [0.1, 0.15) is 54.5 Å². The van der Waals surface area contributed by atoms with Gasteiger partial charge in [-0.05, 0) is 47.9 Å². The molecule has 0 saturated carbocycles. The van der Waals surface area contributed by atoms with Crippen molar-refractivity contribution in [3.05, 3.63) is 70.8 Å². The van der Waals surface area contributed by atoms with Crippen molar-refractivity contribution in [1.82, 2.24) is 0 Å². The van der Waals surface area contributed by atoms with Crippen molar-refractivity contribution in [3.63, 3.8) is 0 Å². The lowest BCUT2D eigenvalue weighted by Crippen LogP contribution is -2.12. The quantitative estimate of drug-likeness (QED) is 0.528. The Kier molecular flexibility index (Phi) is 4.87. The summed E-state index contributed by atoms with van der Waals surface area (Å²) in [5.74, 6) is 1.03. The van der Waals surface area contributed by atoms with Crippen LogP contribution < -0.4 is 0 Å². The minimum absolute atomic E-state index is 0.172. The normalized spacial score (nSPS) is 17.1. The van der Waals surface area contributed by atoms with Crippen LogP contribution in [0.5, 0.6) is 0 Å². The lowest BCUT2D eigenvalue weighted by atomic mass is 9.94. The van der Waals surface area contributed by atoms with Gasteiger partial charge in [-0.15, -0.1) is 0 Å². The summed E-state index contributed by atoms with van der Waals surface area (Å²) in [7, 11) is 0. The first-order valence-corrected chi connectivity index (χ1v) is 9.01. The van der Waals surface area contributed by atoms with Crippen molar-refractivity contribution in [2.24, 2.45) is 0 Å². The second-order valence-electron chi connectivity index (χ2n) is 5.85. The molecule has 2 aromatic rings. The zero-order valence-electron chi connectivity index (χ0n) is 13.1. The standard InChI is InChI=1S/C20H21IO/c1-3-4-9-18-16-7-5-6-8-17(16)19(21)20(22-18)15-12-10-14(2)11-13-15/h5-8,10-13,18H,3-4,9H2,1-2H3. The molecule has 1 atom stereocenters. The van der Waals surface area contributed by atoms with Gasteiger partial charge >= 0.3 is 0 Å². The van der Waals surface area contributed by atoms with Crippen molar-refractivity contribution < 1.29 is 4.74 Å². The van der Waals surface area contributed by atoms with E-state index in [-0.39, 0.29) is 6.10 Å². The molecule has 1 aliphatic heterocycles. The maximum atomic E-state index is 6.43. The molecule has 1 aliphatic rings. The maximum absolute atomic E-state index is 6.43. The summed E-state index contributed by atoms with van der Waals surface area (Å²) in [5.41, 5.74) is 5.10. The highest BCUT2D eigenvalue weighted by Gasteiger charge is 2.27. The third kappa shape index (κ3) is 3.07. The van der Waals surface area contributed by atoms with Crippen molar-refractivity contribution >= 4 is 31.9 Å². The summed E-state index contributed by atoms with van der Waals surface area (Å²) in [4.78, 5) is 0. The molecule has 0 aromatic heterocycles. The van der Waals surface area contributed by atoms with Gasteiger partial charge in [-0.25, -0.2) is 0 Å². The zero-order chi connectivity index (χ0) is 15.5. The van der Waals surface area contributed by atoms with Crippen molar-refractivity contribution in [3.8, 4) is 0 Å². The molecule has 2 aromatic carbocycles. The lowest BCUT2D eigenvalue weighted by Gasteiger charge is -2.29. The lowest BCUT2D eigenvalue weighted by molar-refractivity contribution is 0.154. The zero-order valence-corrected chi connectivity index (χ0v) is 15.3. The fraction of sp³-hybridized carbons (Fsp3) is 0.300. The molecule has 0 N–H and O–H groups in total. The molecular formula is C20H21IO. The Morgan fingerprint density at radius 3 is 2.50 bits per heavy atom. The Morgan fingerprint density at radius 1 is 1.05 bits per heavy atom. The summed E-state index contributed by atoms with van der Waals surface area (Å²) in [6, 6.07) is 17.3. The second kappa shape index (κ2) is 6.86. The van der Waals surface area contributed by atoms with Gasteiger partial charge in [0.1, 0.15) is 11.9 Å². The van der Waals surface area contributed by atoms with Crippen LogP contribution in [0.2, 0.25) is 0 Å². The summed E-state index contributed by atoms with van der Waals surface area (Å²) < 4.78 is 7.64. The fourth-order valence-corrected chi connectivity index (χ4v) is 3.79. The van der Waals surface area contributed by atoms with Crippen LogP contribution in [0.25, 0.3) is 9.34 Å². The number of fused-ring (bicyclic) bond motifs is 1. The molecule has 0 amide bonds. The van der Waals surface area contributed by atoms with E-state index in [0.29, 0.717) is 0 Å². The summed E-state index contributed by atoms with van der Waals surface area (Å²) >= 11 is 2.42. The van der Waals surface area contributed by atoms with E-state index in [0.717, 1.165) is 12.2 Å². The van der Waals surface area contributed by atoms with Gasteiger partial charge in [0.05, 0.1) is 3.58 Å². The molecule has 1 heterocycles. The van der Waals surface area contributed by atoms with E-state index in [1.807, 2.05) is 0 Å². The predicted molar refractivity (Wildman–Crippen MR) is 102 cm³/mol. The van der Waals surface area contributed by atoms with E-state index in [1.54, 1.807) is 0 Å². The Labute approximate surface area is 146 Å². The largest absolute Gasteiger partial charge is 0.484 e. The SMILES string of the molecule is CCCCC1OC(c2ccc(C)cc2)=C(I)c2ccccc21. The monoisotopic (exact) mass is 404 g/mol. The van der Waals surface area contributed by atoms with Crippen molar-refractivity contribution in [2.45, 2.75) is 39.2 Å². The highest BCUT2D eigenvalue weighted by atomic mass is 127. The summed E-state index contributed by atoms with van der Waals surface area (Å²) in [5, 5.41) is 0. The third-order valence-electron chi connectivity index (χ3n) is 4.14. The molecule has 0 saturated heterocycles. The molecule has 0 aliphatic carbocycles. The second-order valence-corrected chi connectivity index (χ2v) is 6.92. The van der Waals surface area contributed by atoms with Gasteiger partial charge < -0.3 is 4.74 Å². The minimum Gasteiger partial charge on any atom is -0.484 e. The number of unbranched alkanes of at least 4 members (excludes halogenated alkanes) is 1. The van der Waals surface area contributed by atoms with Gasteiger partial charge in [-0.3, -0.25) is 0 Å². The van der Waals surface area contributed by atoms with Crippen LogP contribution in [-0.2, 0) is 4.74 Å². The average Bonchev–Trinajstić information content (AvgIpc) is 2.55. The number of hydrogen-bond donors (Lipinski definition) is 0. The topological polar surface area (TPSA) is 9.23 Å². The maximum Gasteiger partial charge on any atom is 0.141 e. The third-order valence-corrected chi connectivity index (χ3v) is 5.21. The van der Waals surface area contributed by atoms with Crippen molar-refractivity contribution in [1.29, 1.82) is 0 Å². The molecular weight excluding hydrogens is 383 g/mol. The molecule has 1 nitrogen and oxygen atoms in total. The molecule has 22 heavy (non-hydrogen) atoms. The molecule has 114 valence electrons. The van der Waals surface area contributed by atoms with Crippen LogP contribution in [0, 0.1) is 6.92 Å². The van der Waals surface area contributed by atoms with Crippen LogP contribution in [0.15, 0.2) is 48.5 Å². The smallest absolute Gasteiger partial charge is 0.141 e. The molecule has 0 radical (unpaired) electrons. The van der Waals surface area contributed by atoms with Gasteiger partial charge in [-0.2, -0.15) is 0 Å².